The Morgan fingerprint density at radius 1 is 1.08 bits per heavy atom. The minimum atomic E-state index is 0.187. The molecule has 1 nitrogen and oxygen atoms in total. The van der Waals surface area contributed by atoms with Gasteiger partial charge in [0.1, 0.15) is 0 Å². The zero-order chi connectivity index (χ0) is 9.10. The first-order chi connectivity index (χ1) is 6.17. The summed E-state index contributed by atoms with van der Waals surface area (Å²) in [6.45, 7) is 2.35. The summed E-state index contributed by atoms with van der Waals surface area (Å²) in [7, 11) is 0. The molecule has 0 saturated heterocycles. The van der Waals surface area contributed by atoms with E-state index in [0.29, 0.717) is 5.41 Å². The normalized spacial score (nSPS) is 52.2. The third-order valence-electron chi connectivity index (χ3n) is 5.63. The second-order valence-electron chi connectivity index (χ2n) is 5.85. The molecule has 2 bridgehead atoms. The number of hydrogen-bond donors (Lipinski definition) is 1. The van der Waals surface area contributed by atoms with Crippen molar-refractivity contribution in [2.45, 2.75) is 57.4 Å². The van der Waals surface area contributed by atoms with Crippen molar-refractivity contribution < 1.29 is 0 Å². The van der Waals surface area contributed by atoms with E-state index in [1.54, 1.807) is 0 Å². The summed E-state index contributed by atoms with van der Waals surface area (Å²) in [5.41, 5.74) is 7.37. The molecule has 0 aromatic carbocycles. The van der Waals surface area contributed by atoms with E-state index in [9.17, 15) is 0 Å². The van der Waals surface area contributed by atoms with E-state index in [1.807, 2.05) is 0 Å². The molecule has 3 aliphatic rings. The molecule has 0 aromatic rings. The molecule has 1 heteroatoms. The van der Waals surface area contributed by atoms with Gasteiger partial charge >= 0.3 is 0 Å². The maximum absolute atomic E-state index is 6.60. The summed E-state index contributed by atoms with van der Waals surface area (Å²) in [6.07, 6.45) is 10.1. The van der Waals surface area contributed by atoms with Crippen molar-refractivity contribution in [2.24, 2.45) is 23.0 Å². The first kappa shape index (κ1) is 8.28. The van der Waals surface area contributed by atoms with Crippen LogP contribution < -0.4 is 5.73 Å². The van der Waals surface area contributed by atoms with Crippen LogP contribution in [-0.2, 0) is 0 Å². The summed E-state index contributed by atoms with van der Waals surface area (Å²) in [4.78, 5) is 0. The zero-order valence-electron chi connectivity index (χ0n) is 8.68. The van der Waals surface area contributed by atoms with Gasteiger partial charge in [0.15, 0.2) is 0 Å². The molecule has 13 heavy (non-hydrogen) atoms. The lowest BCUT2D eigenvalue weighted by molar-refractivity contribution is 0.0677. The van der Waals surface area contributed by atoms with E-state index in [1.165, 1.54) is 44.9 Å². The standard InChI is InChI=1S/C12H21N/c1-11(13)9-4-5-10(8-9)12(11)6-2-3-7-12/h9-10H,2-8,13H2,1H3/t9?,10-,11-/m0/s1. The third kappa shape index (κ3) is 0.782. The molecule has 0 heterocycles. The molecule has 3 saturated carbocycles. The predicted molar refractivity (Wildman–Crippen MR) is 54.3 cm³/mol. The monoisotopic (exact) mass is 179 g/mol. The van der Waals surface area contributed by atoms with Gasteiger partial charge in [-0.25, -0.2) is 0 Å². The van der Waals surface area contributed by atoms with Gasteiger partial charge in [0.05, 0.1) is 0 Å². The molecular formula is C12H21N. The summed E-state index contributed by atoms with van der Waals surface area (Å²) < 4.78 is 0. The van der Waals surface area contributed by atoms with Gasteiger partial charge in [0, 0.05) is 5.54 Å². The Bertz CT molecular complexity index is 225. The van der Waals surface area contributed by atoms with Crippen molar-refractivity contribution in [1.82, 2.24) is 0 Å². The first-order valence-corrected chi connectivity index (χ1v) is 5.96. The van der Waals surface area contributed by atoms with Crippen LogP contribution in [0.25, 0.3) is 0 Å². The van der Waals surface area contributed by atoms with E-state index in [0.717, 1.165) is 11.8 Å². The molecule has 0 aliphatic heterocycles. The molecule has 1 spiro atoms. The van der Waals surface area contributed by atoms with Crippen molar-refractivity contribution in [3.63, 3.8) is 0 Å². The maximum atomic E-state index is 6.60. The average molecular weight is 179 g/mol. The summed E-state index contributed by atoms with van der Waals surface area (Å²) in [6, 6.07) is 0. The van der Waals surface area contributed by atoms with Crippen LogP contribution in [0.5, 0.6) is 0 Å². The highest BCUT2D eigenvalue weighted by Gasteiger charge is 2.63. The van der Waals surface area contributed by atoms with Gasteiger partial charge in [-0.1, -0.05) is 12.8 Å². The van der Waals surface area contributed by atoms with E-state index in [-0.39, 0.29) is 5.54 Å². The second kappa shape index (κ2) is 2.31. The highest BCUT2D eigenvalue weighted by Crippen LogP contribution is 2.66. The van der Waals surface area contributed by atoms with Gasteiger partial charge < -0.3 is 5.73 Å². The van der Waals surface area contributed by atoms with Crippen molar-refractivity contribution in [1.29, 1.82) is 0 Å². The Labute approximate surface area is 81.1 Å². The molecule has 3 atom stereocenters. The molecule has 0 aromatic heterocycles. The molecule has 0 radical (unpaired) electrons. The van der Waals surface area contributed by atoms with Crippen LogP contribution in [0.4, 0.5) is 0 Å². The number of nitrogens with two attached hydrogens (primary N) is 1. The van der Waals surface area contributed by atoms with E-state index in [4.69, 9.17) is 5.73 Å². The topological polar surface area (TPSA) is 26.0 Å². The lowest BCUT2D eigenvalue weighted by atomic mass is 9.61. The maximum Gasteiger partial charge on any atom is 0.0214 e. The number of hydrogen-bond acceptors (Lipinski definition) is 1. The minimum Gasteiger partial charge on any atom is -0.325 e. The summed E-state index contributed by atoms with van der Waals surface area (Å²) in [5.74, 6) is 1.85. The Hall–Kier alpha value is -0.0400. The molecule has 3 aliphatic carbocycles. The van der Waals surface area contributed by atoms with E-state index in [2.05, 4.69) is 6.92 Å². The lowest BCUT2D eigenvalue weighted by Gasteiger charge is -2.47. The average Bonchev–Trinajstić information content (AvgIpc) is 2.75. The van der Waals surface area contributed by atoms with Crippen LogP contribution in [0.3, 0.4) is 0 Å². The number of fused-ring (bicyclic) bond motifs is 3. The third-order valence-corrected chi connectivity index (χ3v) is 5.63. The van der Waals surface area contributed by atoms with Gasteiger partial charge in [-0.2, -0.15) is 0 Å². The van der Waals surface area contributed by atoms with Crippen LogP contribution in [0.1, 0.15) is 51.9 Å². The van der Waals surface area contributed by atoms with Crippen LogP contribution in [0.15, 0.2) is 0 Å². The molecule has 1 unspecified atom stereocenters. The van der Waals surface area contributed by atoms with Gasteiger partial charge in [0.25, 0.3) is 0 Å². The van der Waals surface area contributed by atoms with Crippen molar-refractivity contribution >= 4 is 0 Å². The quantitative estimate of drug-likeness (QED) is 0.608. The van der Waals surface area contributed by atoms with Gasteiger partial charge in [-0.3, -0.25) is 0 Å². The highest BCUT2D eigenvalue weighted by atomic mass is 14.9. The lowest BCUT2D eigenvalue weighted by Crippen LogP contribution is -2.55. The SMILES string of the molecule is C[C@]1(N)C2CC[C@@H](C2)C12CCCC2. The first-order valence-electron chi connectivity index (χ1n) is 5.96. The zero-order valence-corrected chi connectivity index (χ0v) is 8.68. The molecule has 2 N–H and O–H groups in total. The minimum absolute atomic E-state index is 0.187. The van der Waals surface area contributed by atoms with Crippen LogP contribution in [-0.4, -0.2) is 5.54 Å². The van der Waals surface area contributed by atoms with Crippen LogP contribution in [0.2, 0.25) is 0 Å². The molecule has 0 amide bonds. The smallest absolute Gasteiger partial charge is 0.0214 e. The van der Waals surface area contributed by atoms with Gasteiger partial charge in [0.2, 0.25) is 0 Å². The van der Waals surface area contributed by atoms with Crippen LogP contribution >= 0.6 is 0 Å². The van der Waals surface area contributed by atoms with Crippen molar-refractivity contribution in [2.75, 3.05) is 0 Å². The fraction of sp³-hybridized carbons (Fsp3) is 1.00. The van der Waals surface area contributed by atoms with Gasteiger partial charge in [-0.15, -0.1) is 0 Å². The molecule has 3 rings (SSSR count). The molecule has 74 valence electrons. The fourth-order valence-electron chi connectivity index (χ4n) is 4.83. The molecular weight excluding hydrogens is 158 g/mol. The number of rotatable bonds is 0. The van der Waals surface area contributed by atoms with Crippen molar-refractivity contribution in [3.05, 3.63) is 0 Å². The van der Waals surface area contributed by atoms with Gasteiger partial charge in [-0.05, 0) is 56.3 Å². The largest absolute Gasteiger partial charge is 0.325 e. The second-order valence-corrected chi connectivity index (χ2v) is 5.85. The Morgan fingerprint density at radius 2 is 1.69 bits per heavy atom. The highest BCUT2D eigenvalue weighted by molar-refractivity contribution is 5.17. The van der Waals surface area contributed by atoms with E-state index < -0.39 is 0 Å². The molecule has 3 fully saturated rings. The van der Waals surface area contributed by atoms with Crippen LogP contribution in [0, 0.1) is 17.3 Å². The summed E-state index contributed by atoms with van der Waals surface area (Å²) in [5, 5.41) is 0. The van der Waals surface area contributed by atoms with E-state index >= 15 is 0 Å². The Balaban J connectivity index is 2.02. The Kier molecular flexibility index (Phi) is 1.47. The summed E-state index contributed by atoms with van der Waals surface area (Å²) >= 11 is 0. The van der Waals surface area contributed by atoms with Crippen molar-refractivity contribution in [3.8, 4) is 0 Å². The predicted octanol–water partition coefficient (Wildman–Crippen LogP) is 2.69. The Morgan fingerprint density at radius 3 is 2.23 bits per heavy atom. The fourth-order valence-corrected chi connectivity index (χ4v) is 4.83.